The van der Waals surface area contributed by atoms with E-state index in [1.807, 2.05) is 48.6 Å². The van der Waals surface area contributed by atoms with Gasteiger partial charge < -0.3 is 5.32 Å². The van der Waals surface area contributed by atoms with E-state index in [2.05, 4.69) is 140 Å². The second kappa shape index (κ2) is 15.5. The highest BCUT2D eigenvalue weighted by molar-refractivity contribution is 6.06. The van der Waals surface area contributed by atoms with Gasteiger partial charge in [0.25, 0.3) is 0 Å². The fraction of sp³-hybridized carbons (Fsp3) is 0.0667. The maximum Gasteiger partial charge on any atom is 0.205 e. The minimum Gasteiger partial charge on any atom is -0.331 e. The van der Waals surface area contributed by atoms with Crippen LogP contribution in [0.5, 0.6) is 0 Å². The predicted molar refractivity (Wildman–Crippen MR) is 205 cm³/mol. The molecular formula is C45H39N3. The summed E-state index contributed by atoms with van der Waals surface area (Å²) < 4.78 is 0. The highest BCUT2D eigenvalue weighted by Gasteiger charge is 2.35. The van der Waals surface area contributed by atoms with E-state index in [4.69, 9.17) is 9.98 Å². The molecule has 48 heavy (non-hydrogen) atoms. The first-order valence-corrected chi connectivity index (χ1v) is 16.2. The molecule has 0 saturated carbocycles. The molecule has 0 unspecified atom stereocenters. The second-order valence-electron chi connectivity index (χ2n) is 11.6. The van der Waals surface area contributed by atoms with Crippen molar-refractivity contribution in [2.75, 3.05) is 0 Å². The van der Waals surface area contributed by atoms with Gasteiger partial charge >= 0.3 is 0 Å². The van der Waals surface area contributed by atoms with Crippen LogP contribution in [0, 0.1) is 0 Å². The lowest BCUT2D eigenvalue weighted by atomic mass is 9.87. The van der Waals surface area contributed by atoms with E-state index in [0.717, 1.165) is 46.5 Å². The minimum absolute atomic E-state index is 0.764. The molecule has 0 bridgehead atoms. The van der Waals surface area contributed by atoms with Crippen LogP contribution in [0.3, 0.4) is 0 Å². The van der Waals surface area contributed by atoms with Crippen molar-refractivity contribution >= 4 is 23.3 Å². The van der Waals surface area contributed by atoms with Crippen molar-refractivity contribution in [2.45, 2.75) is 18.5 Å². The highest BCUT2D eigenvalue weighted by Crippen LogP contribution is 2.37. The van der Waals surface area contributed by atoms with E-state index in [1.54, 1.807) is 12.4 Å². The van der Waals surface area contributed by atoms with Crippen LogP contribution in [-0.4, -0.2) is 12.2 Å². The standard InChI is InChI=1S/C45H39N3/c1-3-5-9-22-39-32-35(30-31-43(39)37-20-10-6-11-21-37)19-16-23-36(18-4-2)38-24-17-25-40(33-38)44-46-34-47-45(48-44,41-26-12-7-13-27-41)42-28-14-8-15-29-42/h3-18,20-31,33-34H,1-2,19,32H2,(H,46,47,48)/b9-5-,23-16-,36-18+,39-22+. The molecular weight excluding hydrogens is 583 g/mol. The van der Waals surface area contributed by atoms with Crippen LogP contribution in [0.1, 0.15) is 40.7 Å². The number of hydrogen-bond acceptors (Lipinski definition) is 3. The molecule has 4 aromatic carbocycles. The Bertz CT molecular complexity index is 1960. The number of rotatable bonds is 11. The SMILES string of the molecule is C=C/C=C\C=C1/CC(C/C=C\C(=C/C=C)c2cccc(C3=NC(c4ccccc4)(c4ccccc4)N=CN3)c2)=CC=C1c1ccccc1. The van der Waals surface area contributed by atoms with Gasteiger partial charge in [0.1, 0.15) is 5.84 Å². The van der Waals surface area contributed by atoms with E-state index < -0.39 is 5.66 Å². The molecule has 0 fully saturated rings. The zero-order chi connectivity index (χ0) is 33.0. The summed E-state index contributed by atoms with van der Waals surface area (Å²) in [6.45, 7) is 7.82. The molecule has 4 aromatic rings. The van der Waals surface area contributed by atoms with Gasteiger partial charge in [-0.05, 0) is 46.8 Å². The summed E-state index contributed by atoms with van der Waals surface area (Å²) in [5.41, 5.74) is 9.42. The lowest BCUT2D eigenvalue weighted by molar-refractivity contribution is 0.567. The number of benzene rings is 4. The molecule has 1 heterocycles. The number of aliphatic imine (C=N–C) groups is 2. The average Bonchev–Trinajstić information content (AvgIpc) is 3.16. The van der Waals surface area contributed by atoms with Crippen LogP contribution >= 0.6 is 0 Å². The monoisotopic (exact) mass is 621 g/mol. The zero-order valence-electron chi connectivity index (χ0n) is 27.0. The van der Waals surface area contributed by atoms with Gasteiger partial charge in [-0.15, -0.1) is 0 Å². The van der Waals surface area contributed by atoms with Crippen LogP contribution in [-0.2, 0) is 5.66 Å². The van der Waals surface area contributed by atoms with Gasteiger partial charge in [0.05, 0.1) is 6.34 Å². The Morgan fingerprint density at radius 3 is 2.12 bits per heavy atom. The Kier molecular flexibility index (Phi) is 10.3. The molecule has 3 nitrogen and oxygen atoms in total. The van der Waals surface area contributed by atoms with Crippen molar-refractivity contribution in [1.82, 2.24) is 5.32 Å². The lowest BCUT2D eigenvalue weighted by Crippen LogP contribution is -2.36. The third-order valence-corrected chi connectivity index (χ3v) is 8.40. The fourth-order valence-electron chi connectivity index (χ4n) is 6.05. The number of amidine groups is 1. The van der Waals surface area contributed by atoms with Gasteiger partial charge in [-0.1, -0.05) is 189 Å². The van der Waals surface area contributed by atoms with Crippen molar-refractivity contribution in [2.24, 2.45) is 9.98 Å². The summed E-state index contributed by atoms with van der Waals surface area (Å²) in [5, 5.41) is 3.32. The number of hydrogen-bond donors (Lipinski definition) is 1. The fourth-order valence-corrected chi connectivity index (χ4v) is 6.05. The van der Waals surface area contributed by atoms with Crippen molar-refractivity contribution < 1.29 is 0 Å². The van der Waals surface area contributed by atoms with Crippen LogP contribution < -0.4 is 5.32 Å². The summed E-state index contributed by atoms with van der Waals surface area (Å²) in [7, 11) is 0. The number of allylic oxidation sites excluding steroid dienone is 14. The normalized spacial score (nSPS) is 16.7. The number of nitrogens with zero attached hydrogens (tertiary/aromatic N) is 2. The molecule has 2 aliphatic rings. The summed E-state index contributed by atoms with van der Waals surface area (Å²) in [6, 6.07) is 39.5. The molecule has 3 heteroatoms. The first-order chi connectivity index (χ1) is 23.7. The Morgan fingerprint density at radius 1 is 0.750 bits per heavy atom. The topological polar surface area (TPSA) is 36.8 Å². The Hall–Kier alpha value is -6.06. The smallest absolute Gasteiger partial charge is 0.205 e. The van der Waals surface area contributed by atoms with Crippen molar-refractivity contribution in [3.05, 3.63) is 228 Å². The van der Waals surface area contributed by atoms with E-state index >= 15 is 0 Å². The third-order valence-electron chi connectivity index (χ3n) is 8.40. The van der Waals surface area contributed by atoms with E-state index in [1.165, 1.54) is 22.3 Å². The maximum atomic E-state index is 5.28. The Balaban J connectivity index is 1.27. The average molecular weight is 622 g/mol. The van der Waals surface area contributed by atoms with Crippen LogP contribution in [0.4, 0.5) is 0 Å². The summed E-state index contributed by atoms with van der Waals surface area (Å²) in [5.74, 6) is 0.764. The largest absolute Gasteiger partial charge is 0.331 e. The van der Waals surface area contributed by atoms with Crippen molar-refractivity contribution in [3.63, 3.8) is 0 Å². The first kappa shape index (κ1) is 31.9. The van der Waals surface area contributed by atoms with Crippen molar-refractivity contribution in [1.29, 1.82) is 0 Å². The van der Waals surface area contributed by atoms with Gasteiger partial charge in [-0.2, -0.15) is 0 Å². The van der Waals surface area contributed by atoms with E-state index in [0.29, 0.717) is 0 Å². The number of nitrogens with one attached hydrogen (secondary N) is 1. The molecule has 0 atom stereocenters. The minimum atomic E-state index is -0.879. The van der Waals surface area contributed by atoms with Crippen molar-refractivity contribution in [3.8, 4) is 0 Å². The molecule has 1 N–H and O–H groups in total. The van der Waals surface area contributed by atoms with E-state index in [-0.39, 0.29) is 0 Å². The second-order valence-corrected chi connectivity index (χ2v) is 11.6. The molecule has 1 aliphatic carbocycles. The molecule has 234 valence electrons. The van der Waals surface area contributed by atoms with Gasteiger partial charge in [0.2, 0.25) is 5.66 Å². The molecule has 6 rings (SSSR count). The van der Waals surface area contributed by atoms with Gasteiger partial charge in [0.15, 0.2) is 0 Å². The molecule has 0 aromatic heterocycles. The quantitative estimate of drug-likeness (QED) is 0.166. The predicted octanol–water partition coefficient (Wildman–Crippen LogP) is 10.6. The van der Waals surface area contributed by atoms with E-state index in [9.17, 15) is 0 Å². The van der Waals surface area contributed by atoms with Crippen LogP contribution in [0.15, 0.2) is 210 Å². The van der Waals surface area contributed by atoms with Gasteiger partial charge in [-0.3, -0.25) is 0 Å². The summed E-state index contributed by atoms with van der Waals surface area (Å²) >= 11 is 0. The summed E-state index contributed by atoms with van der Waals surface area (Å²) in [6.07, 6.45) is 24.4. The first-order valence-electron chi connectivity index (χ1n) is 16.2. The van der Waals surface area contributed by atoms with Gasteiger partial charge in [-0.25, -0.2) is 9.98 Å². The molecule has 0 radical (unpaired) electrons. The zero-order valence-corrected chi connectivity index (χ0v) is 27.0. The Morgan fingerprint density at radius 2 is 1.44 bits per heavy atom. The van der Waals surface area contributed by atoms with Crippen LogP contribution in [0.25, 0.3) is 11.1 Å². The lowest BCUT2D eigenvalue weighted by Gasteiger charge is -2.31. The molecule has 0 spiro atoms. The maximum absolute atomic E-state index is 5.28. The molecule has 1 aliphatic heterocycles. The highest BCUT2D eigenvalue weighted by atomic mass is 15.2. The third kappa shape index (κ3) is 7.32. The van der Waals surface area contributed by atoms with Gasteiger partial charge in [0, 0.05) is 16.7 Å². The Labute approximate surface area is 284 Å². The molecule has 0 amide bonds. The molecule has 0 saturated heterocycles. The van der Waals surface area contributed by atoms with Crippen LogP contribution in [0.2, 0.25) is 0 Å². The summed E-state index contributed by atoms with van der Waals surface area (Å²) in [4.78, 5) is 10.2.